The van der Waals surface area contributed by atoms with E-state index in [1.54, 1.807) is 6.92 Å². The predicted octanol–water partition coefficient (Wildman–Crippen LogP) is 2.56. The van der Waals surface area contributed by atoms with Crippen molar-refractivity contribution in [3.8, 4) is 5.75 Å². The zero-order chi connectivity index (χ0) is 23.0. The highest BCUT2D eigenvalue weighted by Gasteiger charge is 2.22. The van der Waals surface area contributed by atoms with Crippen molar-refractivity contribution in [3.05, 3.63) is 29.6 Å². The zero-order valence-corrected chi connectivity index (χ0v) is 17.9. The van der Waals surface area contributed by atoms with Gasteiger partial charge in [-0.15, -0.1) is 0 Å². The van der Waals surface area contributed by atoms with Gasteiger partial charge in [-0.25, -0.2) is 31.1 Å². The second-order valence-electron chi connectivity index (χ2n) is 7.20. The molecule has 0 aromatic heterocycles. The van der Waals surface area contributed by atoms with Crippen LogP contribution >= 0.6 is 0 Å². The molecule has 1 aliphatic heterocycles. The molecule has 0 saturated carbocycles. The fourth-order valence-corrected chi connectivity index (χ4v) is 4.41. The first-order valence-corrected chi connectivity index (χ1v) is 11.5. The van der Waals surface area contributed by atoms with E-state index in [2.05, 4.69) is 10.0 Å². The van der Waals surface area contributed by atoms with Crippen LogP contribution in [-0.2, 0) is 14.8 Å². The molecule has 2 rings (SSSR count). The number of sulfonamides is 1. The number of benzene rings is 1. The molecule has 0 bridgehead atoms. The van der Waals surface area contributed by atoms with Gasteiger partial charge in [-0.2, -0.15) is 0 Å². The lowest BCUT2D eigenvalue weighted by Gasteiger charge is -2.26. The SMILES string of the molecule is C[C@@H](NS(=O)(=O)CCCCCN1CCC(=O)NC1=O)c1ccc(F)c(OCC(F)F)c1. The Hall–Kier alpha value is -2.34. The topological polar surface area (TPSA) is 105 Å². The standard InChI is InChI=1S/C19H26F3N3O5S/c1-13(14-5-6-15(20)16(11-14)30-12-17(21)22)24-31(28,29)10-4-2-3-8-25-9-7-18(26)23-19(25)27/h5-6,11,13,17,24H,2-4,7-10,12H2,1H3,(H,23,26,27)/t13-/m1/s1. The second kappa shape index (κ2) is 11.3. The highest BCUT2D eigenvalue weighted by Crippen LogP contribution is 2.24. The molecule has 1 saturated heterocycles. The molecule has 174 valence electrons. The smallest absolute Gasteiger partial charge is 0.324 e. The lowest BCUT2D eigenvalue weighted by atomic mass is 10.1. The van der Waals surface area contributed by atoms with Crippen LogP contribution in [0.5, 0.6) is 5.75 Å². The van der Waals surface area contributed by atoms with Gasteiger partial charge in [0, 0.05) is 25.6 Å². The number of carbonyl (C=O) groups excluding carboxylic acids is 2. The Morgan fingerprint density at radius 2 is 1.97 bits per heavy atom. The van der Waals surface area contributed by atoms with E-state index in [1.807, 2.05) is 0 Å². The number of nitrogens with zero attached hydrogens (tertiary/aromatic N) is 1. The van der Waals surface area contributed by atoms with Gasteiger partial charge in [0.05, 0.1) is 5.75 Å². The largest absolute Gasteiger partial charge is 0.485 e. The van der Waals surface area contributed by atoms with Crippen molar-refractivity contribution in [1.29, 1.82) is 0 Å². The van der Waals surface area contributed by atoms with Crippen LogP contribution in [-0.4, -0.2) is 57.1 Å². The molecule has 0 aliphatic carbocycles. The van der Waals surface area contributed by atoms with Crippen molar-refractivity contribution >= 4 is 22.0 Å². The molecule has 1 aliphatic rings. The maximum absolute atomic E-state index is 13.7. The summed E-state index contributed by atoms with van der Waals surface area (Å²) in [6.07, 6.45) is -0.987. The Morgan fingerprint density at radius 3 is 2.65 bits per heavy atom. The first kappa shape index (κ1) is 24.9. The van der Waals surface area contributed by atoms with Crippen LogP contribution in [0.3, 0.4) is 0 Å². The minimum Gasteiger partial charge on any atom is -0.485 e. The van der Waals surface area contributed by atoms with Crippen LogP contribution in [0.2, 0.25) is 0 Å². The number of imide groups is 1. The molecule has 0 radical (unpaired) electrons. The first-order valence-electron chi connectivity index (χ1n) is 9.86. The monoisotopic (exact) mass is 465 g/mol. The Labute approximate surface area is 179 Å². The number of ether oxygens (including phenoxy) is 1. The quantitative estimate of drug-likeness (QED) is 0.462. The van der Waals surface area contributed by atoms with Crippen LogP contribution in [0.1, 0.15) is 44.2 Å². The number of unbranched alkanes of at least 4 members (excludes halogenated alkanes) is 2. The molecule has 1 aromatic rings. The zero-order valence-electron chi connectivity index (χ0n) is 17.1. The normalized spacial score (nSPS) is 15.8. The number of rotatable bonds is 12. The summed E-state index contributed by atoms with van der Waals surface area (Å²) in [5, 5.41) is 2.23. The number of hydrogen-bond donors (Lipinski definition) is 2. The summed E-state index contributed by atoms with van der Waals surface area (Å²) in [7, 11) is -3.64. The average molecular weight is 465 g/mol. The molecule has 1 aromatic carbocycles. The third kappa shape index (κ3) is 8.37. The Morgan fingerprint density at radius 1 is 1.23 bits per heavy atom. The van der Waals surface area contributed by atoms with Crippen molar-refractivity contribution in [2.24, 2.45) is 0 Å². The lowest BCUT2D eigenvalue weighted by molar-refractivity contribution is -0.121. The number of carbonyl (C=O) groups is 2. The van der Waals surface area contributed by atoms with Gasteiger partial charge in [0.1, 0.15) is 6.61 Å². The van der Waals surface area contributed by atoms with E-state index < -0.39 is 40.9 Å². The van der Waals surface area contributed by atoms with Gasteiger partial charge in [0.15, 0.2) is 11.6 Å². The van der Waals surface area contributed by atoms with Gasteiger partial charge in [-0.05, 0) is 37.5 Å². The van der Waals surface area contributed by atoms with E-state index in [0.717, 1.165) is 6.07 Å². The van der Waals surface area contributed by atoms with Crippen molar-refractivity contribution in [2.45, 2.75) is 45.1 Å². The maximum atomic E-state index is 13.7. The van der Waals surface area contributed by atoms with Gasteiger partial charge >= 0.3 is 6.03 Å². The molecule has 0 spiro atoms. The van der Waals surface area contributed by atoms with Crippen LogP contribution in [0.25, 0.3) is 0 Å². The summed E-state index contributed by atoms with van der Waals surface area (Å²) in [4.78, 5) is 24.2. The molecule has 2 N–H and O–H groups in total. The molecule has 1 fully saturated rings. The van der Waals surface area contributed by atoms with E-state index in [0.29, 0.717) is 37.9 Å². The summed E-state index contributed by atoms with van der Waals surface area (Å²) < 4.78 is 70.0. The summed E-state index contributed by atoms with van der Waals surface area (Å²) in [5.74, 6) is -1.63. The van der Waals surface area contributed by atoms with Gasteiger partial charge in [0.2, 0.25) is 15.9 Å². The number of urea groups is 1. The predicted molar refractivity (Wildman–Crippen MR) is 107 cm³/mol. The highest BCUT2D eigenvalue weighted by atomic mass is 32.2. The van der Waals surface area contributed by atoms with Crippen molar-refractivity contribution in [3.63, 3.8) is 0 Å². The number of hydrogen-bond acceptors (Lipinski definition) is 5. The van der Waals surface area contributed by atoms with Gasteiger partial charge < -0.3 is 9.64 Å². The number of amides is 3. The third-order valence-corrected chi connectivity index (χ3v) is 6.20. The van der Waals surface area contributed by atoms with Crippen LogP contribution in [0.4, 0.5) is 18.0 Å². The van der Waals surface area contributed by atoms with Gasteiger partial charge in [-0.3, -0.25) is 10.1 Å². The molecule has 1 heterocycles. The van der Waals surface area contributed by atoms with Crippen LogP contribution in [0.15, 0.2) is 18.2 Å². The maximum Gasteiger partial charge on any atom is 0.324 e. The molecule has 0 unspecified atom stereocenters. The summed E-state index contributed by atoms with van der Waals surface area (Å²) >= 11 is 0. The minimum atomic E-state index is -3.64. The van der Waals surface area contributed by atoms with Crippen LogP contribution in [0, 0.1) is 5.82 Å². The summed E-state index contributed by atoms with van der Waals surface area (Å²) in [6, 6.07) is 2.43. The van der Waals surface area contributed by atoms with E-state index >= 15 is 0 Å². The van der Waals surface area contributed by atoms with Crippen molar-refractivity contribution in [1.82, 2.24) is 14.9 Å². The van der Waals surface area contributed by atoms with E-state index in [4.69, 9.17) is 4.74 Å². The third-order valence-electron chi connectivity index (χ3n) is 4.66. The van der Waals surface area contributed by atoms with Crippen molar-refractivity contribution in [2.75, 3.05) is 25.4 Å². The van der Waals surface area contributed by atoms with Crippen molar-refractivity contribution < 1.29 is 35.9 Å². The Kier molecular flexibility index (Phi) is 9.11. The van der Waals surface area contributed by atoms with Gasteiger partial charge in [0.25, 0.3) is 6.43 Å². The molecule has 31 heavy (non-hydrogen) atoms. The van der Waals surface area contributed by atoms with E-state index in [9.17, 15) is 31.2 Å². The van der Waals surface area contributed by atoms with Crippen LogP contribution < -0.4 is 14.8 Å². The molecule has 12 heteroatoms. The Bertz CT molecular complexity index is 883. The average Bonchev–Trinajstić information content (AvgIpc) is 2.68. The minimum absolute atomic E-state index is 0.141. The van der Waals surface area contributed by atoms with Gasteiger partial charge in [-0.1, -0.05) is 12.5 Å². The molecule has 8 nitrogen and oxygen atoms in total. The highest BCUT2D eigenvalue weighted by molar-refractivity contribution is 7.89. The summed E-state index contributed by atoms with van der Waals surface area (Å²) in [6.45, 7) is 1.37. The molecule has 1 atom stereocenters. The van der Waals surface area contributed by atoms with E-state index in [-0.39, 0.29) is 23.8 Å². The summed E-state index contributed by atoms with van der Waals surface area (Å²) in [5.41, 5.74) is 0.375. The number of halogens is 3. The molecular weight excluding hydrogens is 439 g/mol. The molecule has 3 amide bonds. The fourth-order valence-electron chi connectivity index (χ4n) is 3.03. The first-order chi connectivity index (χ1) is 14.6. The lowest BCUT2D eigenvalue weighted by Crippen LogP contribution is -2.49. The number of nitrogens with one attached hydrogen (secondary N) is 2. The second-order valence-corrected chi connectivity index (χ2v) is 9.07. The van der Waals surface area contributed by atoms with E-state index in [1.165, 1.54) is 17.0 Å². The number of alkyl halides is 2. The Balaban J connectivity index is 1.78. The molecular formula is C19H26F3N3O5S. The fraction of sp³-hybridized carbons (Fsp3) is 0.579.